The average Bonchev–Trinajstić information content (AvgIpc) is 2.81. The number of nitrogens with zero attached hydrogens (tertiary/aromatic N) is 2. The van der Waals surface area contributed by atoms with Crippen LogP contribution in [0.4, 0.5) is 0 Å². The highest BCUT2D eigenvalue weighted by Crippen LogP contribution is 2.34. The Morgan fingerprint density at radius 3 is 2.65 bits per heavy atom. The van der Waals surface area contributed by atoms with Crippen LogP contribution >= 0.6 is 44.1 Å². The molecular weight excluding hydrogens is 408 g/mol. The lowest BCUT2D eigenvalue weighted by Crippen LogP contribution is -2.13. The zero-order chi connectivity index (χ0) is 14.5. The van der Waals surface area contributed by atoms with Crippen molar-refractivity contribution in [2.75, 3.05) is 12.0 Å². The topological polar surface area (TPSA) is 54.9 Å². The SMILES string of the molecule is CCCOc1c(Br)cc(CNn2cn[nH]c2=S)cc1Br. The van der Waals surface area contributed by atoms with Gasteiger partial charge < -0.3 is 10.2 Å². The van der Waals surface area contributed by atoms with Crippen LogP contribution in [0.5, 0.6) is 5.75 Å². The van der Waals surface area contributed by atoms with Crippen molar-refractivity contribution in [2.24, 2.45) is 0 Å². The van der Waals surface area contributed by atoms with E-state index in [1.807, 2.05) is 12.1 Å². The van der Waals surface area contributed by atoms with Crippen molar-refractivity contribution in [1.82, 2.24) is 14.9 Å². The first-order valence-electron chi connectivity index (χ1n) is 6.08. The Labute approximate surface area is 139 Å². The Morgan fingerprint density at radius 2 is 2.10 bits per heavy atom. The van der Waals surface area contributed by atoms with Gasteiger partial charge >= 0.3 is 0 Å². The van der Waals surface area contributed by atoms with E-state index in [1.165, 1.54) is 0 Å². The quantitative estimate of drug-likeness (QED) is 0.692. The highest BCUT2D eigenvalue weighted by molar-refractivity contribution is 9.11. The summed E-state index contributed by atoms with van der Waals surface area (Å²) >= 11 is 12.1. The van der Waals surface area contributed by atoms with E-state index in [0.717, 1.165) is 26.7 Å². The number of hydrogen-bond acceptors (Lipinski definition) is 4. The van der Waals surface area contributed by atoms with E-state index in [0.29, 0.717) is 17.9 Å². The molecule has 0 aliphatic carbocycles. The smallest absolute Gasteiger partial charge is 0.214 e. The summed E-state index contributed by atoms with van der Waals surface area (Å²) in [6.07, 6.45) is 2.58. The number of aromatic amines is 1. The van der Waals surface area contributed by atoms with E-state index in [2.05, 4.69) is 54.4 Å². The maximum atomic E-state index is 5.69. The number of rotatable bonds is 6. The summed E-state index contributed by atoms with van der Waals surface area (Å²) in [6, 6.07) is 4.04. The van der Waals surface area contributed by atoms with Gasteiger partial charge in [-0.15, -0.1) is 0 Å². The zero-order valence-corrected chi connectivity index (χ0v) is 14.8. The summed E-state index contributed by atoms with van der Waals surface area (Å²) in [5, 5.41) is 6.54. The fourth-order valence-corrected chi connectivity index (χ4v) is 3.27. The minimum absolute atomic E-state index is 0.533. The van der Waals surface area contributed by atoms with Crippen LogP contribution in [0.25, 0.3) is 0 Å². The summed E-state index contributed by atoms with van der Waals surface area (Å²) in [5.74, 6) is 0.829. The van der Waals surface area contributed by atoms with Crippen molar-refractivity contribution in [3.63, 3.8) is 0 Å². The second-order valence-corrected chi connectivity index (χ2v) is 6.20. The molecule has 8 heteroatoms. The van der Waals surface area contributed by atoms with Crippen LogP contribution in [0.1, 0.15) is 18.9 Å². The van der Waals surface area contributed by atoms with E-state index in [9.17, 15) is 0 Å². The Bertz CT molecular complexity index is 617. The fourth-order valence-electron chi connectivity index (χ4n) is 1.59. The summed E-state index contributed by atoms with van der Waals surface area (Å²) in [5.41, 5.74) is 4.26. The highest BCUT2D eigenvalue weighted by Gasteiger charge is 2.09. The van der Waals surface area contributed by atoms with Gasteiger partial charge in [0.2, 0.25) is 4.77 Å². The second kappa shape index (κ2) is 7.24. The first-order valence-corrected chi connectivity index (χ1v) is 8.08. The molecule has 5 nitrogen and oxygen atoms in total. The average molecular weight is 422 g/mol. The Kier molecular flexibility index (Phi) is 5.62. The number of benzene rings is 1. The summed E-state index contributed by atoms with van der Waals surface area (Å²) in [6.45, 7) is 3.40. The predicted molar refractivity (Wildman–Crippen MR) is 88.1 cm³/mol. The lowest BCUT2D eigenvalue weighted by Gasteiger charge is -2.12. The van der Waals surface area contributed by atoms with Crippen LogP contribution in [0, 0.1) is 4.77 Å². The molecule has 1 aromatic carbocycles. The van der Waals surface area contributed by atoms with Gasteiger partial charge in [0.05, 0.1) is 22.1 Å². The monoisotopic (exact) mass is 420 g/mol. The molecule has 0 bridgehead atoms. The van der Waals surface area contributed by atoms with Crippen molar-refractivity contribution < 1.29 is 4.74 Å². The molecule has 0 unspecified atom stereocenters. The Balaban J connectivity index is 2.10. The van der Waals surface area contributed by atoms with Crippen LogP contribution in [-0.4, -0.2) is 21.5 Å². The number of aromatic nitrogens is 3. The van der Waals surface area contributed by atoms with Gasteiger partial charge in [0.25, 0.3) is 0 Å². The van der Waals surface area contributed by atoms with Gasteiger partial charge in [-0.1, -0.05) is 6.92 Å². The molecule has 0 saturated heterocycles. The third-order valence-corrected chi connectivity index (χ3v) is 3.98. The molecule has 0 aliphatic heterocycles. The van der Waals surface area contributed by atoms with Crippen LogP contribution in [0.15, 0.2) is 27.4 Å². The molecule has 0 radical (unpaired) electrons. The highest BCUT2D eigenvalue weighted by atomic mass is 79.9. The van der Waals surface area contributed by atoms with Crippen molar-refractivity contribution in [1.29, 1.82) is 0 Å². The van der Waals surface area contributed by atoms with Gasteiger partial charge in [0, 0.05) is 0 Å². The minimum atomic E-state index is 0.533. The normalized spacial score (nSPS) is 10.6. The molecule has 20 heavy (non-hydrogen) atoms. The van der Waals surface area contributed by atoms with Gasteiger partial charge in [-0.05, 0) is 68.2 Å². The van der Waals surface area contributed by atoms with Crippen LogP contribution in [0.3, 0.4) is 0 Å². The number of halogens is 2. The number of hydrogen-bond donors (Lipinski definition) is 2. The maximum Gasteiger partial charge on any atom is 0.214 e. The van der Waals surface area contributed by atoms with Crippen LogP contribution < -0.4 is 10.2 Å². The summed E-state index contributed by atoms with van der Waals surface area (Å²) in [4.78, 5) is 0. The van der Waals surface area contributed by atoms with Gasteiger partial charge in [-0.2, -0.15) is 5.10 Å². The van der Waals surface area contributed by atoms with Crippen molar-refractivity contribution >= 4 is 44.1 Å². The van der Waals surface area contributed by atoms with Crippen LogP contribution in [-0.2, 0) is 6.54 Å². The Hall–Kier alpha value is -0.860. The third kappa shape index (κ3) is 3.83. The van der Waals surface area contributed by atoms with E-state index >= 15 is 0 Å². The lowest BCUT2D eigenvalue weighted by molar-refractivity contribution is 0.313. The van der Waals surface area contributed by atoms with Gasteiger partial charge in [0.15, 0.2) is 0 Å². The molecule has 0 saturated carbocycles. The molecule has 0 fully saturated rings. The predicted octanol–water partition coefficient (Wildman–Crippen LogP) is 4.00. The third-order valence-electron chi connectivity index (χ3n) is 2.51. The van der Waals surface area contributed by atoms with E-state index in [4.69, 9.17) is 17.0 Å². The Morgan fingerprint density at radius 1 is 1.40 bits per heavy atom. The molecule has 1 heterocycles. The summed E-state index contributed by atoms with van der Waals surface area (Å²) < 4.78 is 9.74. The molecular formula is C12H14Br2N4OS. The number of ether oxygens (including phenoxy) is 1. The molecule has 0 atom stereocenters. The van der Waals surface area contributed by atoms with E-state index < -0.39 is 0 Å². The van der Waals surface area contributed by atoms with Crippen molar-refractivity contribution in [3.8, 4) is 5.75 Å². The van der Waals surface area contributed by atoms with Crippen molar-refractivity contribution in [2.45, 2.75) is 19.9 Å². The lowest BCUT2D eigenvalue weighted by atomic mass is 10.2. The zero-order valence-electron chi connectivity index (χ0n) is 10.8. The summed E-state index contributed by atoms with van der Waals surface area (Å²) in [7, 11) is 0. The molecule has 2 rings (SSSR count). The molecule has 108 valence electrons. The molecule has 0 spiro atoms. The largest absolute Gasteiger partial charge is 0.491 e. The molecule has 1 aromatic heterocycles. The standard InChI is InChI=1S/C12H14Br2N4OS/c1-2-3-19-11-9(13)4-8(5-10(11)14)6-16-18-7-15-17-12(18)20/h4-5,7,16H,2-3,6H2,1H3,(H,17,20). The molecule has 2 aromatic rings. The van der Waals surface area contributed by atoms with Gasteiger partial charge in [0.1, 0.15) is 12.1 Å². The van der Waals surface area contributed by atoms with E-state index in [1.54, 1.807) is 11.0 Å². The van der Waals surface area contributed by atoms with Gasteiger partial charge in [-0.3, -0.25) is 5.10 Å². The maximum absolute atomic E-state index is 5.69. The minimum Gasteiger partial charge on any atom is -0.491 e. The van der Waals surface area contributed by atoms with Crippen LogP contribution in [0.2, 0.25) is 0 Å². The van der Waals surface area contributed by atoms with Crippen molar-refractivity contribution in [3.05, 3.63) is 37.7 Å². The molecule has 0 amide bonds. The molecule has 2 N–H and O–H groups in total. The number of H-pyrrole nitrogens is 1. The first-order chi connectivity index (χ1) is 9.61. The fraction of sp³-hybridized carbons (Fsp3) is 0.333. The second-order valence-electron chi connectivity index (χ2n) is 4.10. The first kappa shape index (κ1) is 15.5. The molecule has 0 aliphatic rings. The van der Waals surface area contributed by atoms with Gasteiger partial charge in [-0.25, -0.2) is 4.68 Å². The number of nitrogens with one attached hydrogen (secondary N) is 2. The van der Waals surface area contributed by atoms with E-state index in [-0.39, 0.29) is 0 Å².